The second-order valence-corrected chi connectivity index (χ2v) is 6.58. The molecule has 5 heteroatoms. The van der Waals surface area contributed by atoms with Gasteiger partial charge >= 0.3 is 0 Å². The smallest absolute Gasteiger partial charge is 0.226 e. The lowest BCUT2D eigenvalue weighted by atomic mass is 10.0. The Labute approximate surface area is 137 Å². The van der Waals surface area contributed by atoms with Crippen LogP contribution in [0.1, 0.15) is 31.7 Å². The number of rotatable bonds is 5. The summed E-state index contributed by atoms with van der Waals surface area (Å²) in [5.41, 5.74) is 1.69. The molecule has 3 unspecified atom stereocenters. The van der Waals surface area contributed by atoms with E-state index in [0.717, 1.165) is 31.4 Å². The number of carbonyl (C=O) groups excluding carboxylic acids is 1. The van der Waals surface area contributed by atoms with Crippen molar-refractivity contribution in [3.63, 3.8) is 0 Å². The molecule has 1 aromatic carbocycles. The van der Waals surface area contributed by atoms with E-state index in [0.29, 0.717) is 18.8 Å². The fourth-order valence-corrected chi connectivity index (χ4v) is 3.33. The first-order chi connectivity index (χ1) is 11.1. The van der Waals surface area contributed by atoms with Crippen LogP contribution in [0.2, 0.25) is 0 Å². The highest BCUT2D eigenvalue weighted by molar-refractivity contribution is 5.82. The highest BCUT2D eigenvalue weighted by Crippen LogP contribution is 2.34. The minimum Gasteiger partial charge on any atom is -0.378 e. The minimum atomic E-state index is -0.193. The van der Waals surface area contributed by atoms with Gasteiger partial charge in [0.25, 0.3) is 0 Å². The SMILES string of the molecule is CCOC1CC1C(=O)NC1CCCN(c2cc(C)ccc2F)C1. The van der Waals surface area contributed by atoms with Crippen molar-refractivity contribution in [1.29, 1.82) is 0 Å². The highest BCUT2D eigenvalue weighted by Gasteiger charge is 2.44. The van der Waals surface area contributed by atoms with Gasteiger partial charge in [0.05, 0.1) is 17.7 Å². The number of ether oxygens (including phenoxy) is 1. The van der Waals surface area contributed by atoms with Crippen LogP contribution >= 0.6 is 0 Å². The van der Waals surface area contributed by atoms with Gasteiger partial charge in [-0.2, -0.15) is 0 Å². The van der Waals surface area contributed by atoms with Crippen molar-refractivity contribution < 1.29 is 13.9 Å². The van der Waals surface area contributed by atoms with Gasteiger partial charge in [0.15, 0.2) is 0 Å². The molecule has 1 saturated heterocycles. The number of anilines is 1. The molecule has 2 aliphatic rings. The summed E-state index contributed by atoms with van der Waals surface area (Å²) < 4.78 is 19.5. The van der Waals surface area contributed by atoms with Gasteiger partial charge in [-0.3, -0.25) is 4.79 Å². The number of carbonyl (C=O) groups is 1. The molecular weight excluding hydrogens is 295 g/mol. The van der Waals surface area contributed by atoms with E-state index >= 15 is 0 Å². The number of nitrogens with zero attached hydrogens (tertiary/aromatic N) is 1. The van der Waals surface area contributed by atoms with Crippen LogP contribution in [0.15, 0.2) is 18.2 Å². The summed E-state index contributed by atoms with van der Waals surface area (Å²) >= 11 is 0. The fraction of sp³-hybridized carbons (Fsp3) is 0.611. The topological polar surface area (TPSA) is 41.6 Å². The normalized spacial score (nSPS) is 26.9. The highest BCUT2D eigenvalue weighted by atomic mass is 19.1. The molecule has 1 aromatic rings. The maximum atomic E-state index is 14.1. The molecule has 3 atom stereocenters. The van der Waals surface area contributed by atoms with Gasteiger partial charge in [0, 0.05) is 25.7 Å². The Balaban J connectivity index is 1.58. The van der Waals surface area contributed by atoms with Gasteiger partial charge in [-0.15, -0.1) is 0 Å². The summed E-state index contributed by atoms with van der Waals surface area (Å²) in [7, 11) is 0. The Kier molecular flexibility index (Phi) is 4.85. The Morgan fingerprint density at radius 1 is 1.48 bits per heavy atom. The van der Waals surface area contributed by atoms with E-state index in [1.807, 2.05) is 24.8 Å². The molecule has 3 rings (SSSR count). The first-order valence-corrected chi connectivity index (χ1v) is 8.51. The third-order valence-electron chi connectivity index (χ3n) is 4.66. The summed E-state index contributed by atoms with van der Waals surface area (Å²) in [5, 5.41) is 3.12. The minimum absolute atomic E-state index is 0.000956. The number of piperidine rings is 1. The molecule has 1 saturated carbocycles. The van der Waals surface area contributed by atoms with Gasteiger partial charge in [-0.25, -0.2) is 4.39 Å². The second-order valence-electron chi connectivity index (χ2n) is 6.58. The van der Waals surface area contributed by atoms with Crippen molar-refractivity contribution in [2.24, 2.45) is 5.92 Å². The maximum absolute atomic E-state index is 14.1. The zero-order chi connectivity index (χ0) is 16.4. The van der Waals surface area contributed by atoms with E-state index in [-0.39, 0.29) is 29.8 Å². The van der Waals surface area contributed by atoms with E-state index in [1.165, 1.54) is 6.07 Å². The molecule has 0 spiro atoms. The molecule has 2 fully saturated rings. The summed E-state index contributed by atoms with van der Waals surface area (Å²) in [6.07, 6.45) is 2.82. The van der Waals surface area contributed by atoms with E-state index in [2.05, 4.69) is 5.32 Å². The lowest BCUT2D eigenvalue weighted by molar-refractivity contribution is -0.124. The molecular formula is C18H25FN2O2. The number of hydrogen-bond acceptors (Lipinski definition) is 3. The molecule has 1 aliphatic heterocycles. The van der Waals surface area contributed by atoms with Crippen molar-refractivity contribution in [3.05, 3.63) is 29.6 Å². The number of halogens is 1. The van der Waals surface area contributed by atoms with Crippen LogP contribution in [0.5, 0.6) is 0 Å². The molecule has 1 heterocycles. The Hall–Kier alpha value is -1.62. The largest absolute Gasteiger partial charge is 0.378 e. The van der Waals surface area contributed by atoms with Crippen LogP contribution in [-0.2, 0) is 9.53 Å². The summed E-state index contributed by atoms with van der Waals surface area (Å²) in [6, 6.07) is 5.26. The van der Waals surface area contributed by atoms with Crippen molar-refractivity contribution in [1.82, 2.24) is 5.32 Å². The standard InChI is InChI=1S/C18H25FN2O2/c1-3-23-17-10-14(17)18(22)20-13-5-4-8-21(11-13)16-9-12(2)6-7-15(16)19/h6-7,9,13-14,17H,3-5,8,10-11H2,1-2H3,(H,20,22). The zero-order valence-electron chi connectivity index (χ0n) is 13.8. The van der Waals surface area contributed by atoms with E-state index in [1.54, 1.807) is 6.07 Å². The maximum Gasteiger partial charge on any atom is 0.226 e. The van der Waals surface area contributed by atoms with Crippen LogP contribution in [0.3, 0.4) is 0 Å². The van der Waals surface area contributed by atoms with Crippen molar-refractivity contribution in [2.45, 2.75) is 45.3 Å². The Bertz CT molecular complexity index is 578. The third-order valence-corrected chi connectivity index (χ3v) is 4.66. The molecule has 23 heavy (non-hydrogen) atoms. The van der Waals surface area contributed by atoms with Crippen LogP contribution < -0.4 is 10.2 Å². The van der Waals surface area contributed by atoms with Gasteiger partial charge in [-0.05, 0) is 50.8 Å². The average molecular weight is 320 g/mol. The number of aryl methyl sites for hydroxylation is 1. The molecule has 0 bridgehead atoms. The van der Waals surface area contributed by atoms with Gasteiger partial charge in [0.2, 0.25) is 5.91 Å². The van der Waals surface area contributed by atoms with Crippen molar-refractivity contribution in [3.8, 4) is 0 Å². The fourth-order valence-electron chi connectivity index (χ4n) is 3.33. The van der Waals surface area contributed by atoms with Crippen LogP contribution in [0.25, 0.3) is 0 Å². The number of hydrogen-bond donors (Lipinski definition) is 1. The number of nitrogens with one attached hydrogen (secondary N) is 1. The molecule has 0 radical (unpaired) electrons. The van der Waals surface area contributed by atoms with E-state index in [9.17, 15) is 9.18 Å². The van der Waals surface area contributed by atoms with E-state index in [4.69, 9.17) is 4.74 Å². The van der Waals surface area contributed by atoms with Gasteiger partial charge < -0.3 is 15.0 Å². The summed E-state index contributed by atoms with van der Waals surface area (Å²) in [4.78, 5) is 14.3. The Morgan fingerprint density at radius 2 is 2.30 bits per heavy atom. The second kappa shape index (κ2) is 6.87. The van der Waals surface area contributed by atoms with Crippen molar-refractivity contribution >= 4 is 11.6 Å². The first-order valence-electron chi connectivity index (χ1n) is 8.51. The average Bonchev–Trinajstić information content (AvgIpc) is 3.30. The number of amides is 1. The number of benzene rings is 1. The van der Waals surface area contributed by atoms with Crippen LogP contribution in [0, 0.1) is 18.7 Å². The quantitative estimate of drug-likeness (QED) is 0.907. The Morgan fingerprint density at radius 3 is 3.09 bits per heavy atom. The molecule has 0 aromatic heterocycles. The third kappa shape index (κ3) is 3.83. The van der Waals surface area contributed by atoms with Crippen LogP contribution in [0.4, 0.5) is 10.1 Å². The molecule has 1 N–H and O–H groups in total. The van der Waals surface area contributed by atoms with E-state index < -0.39 is 0 Å². The monoisotopic (exact) mass is 320 g/mol. The van der Waals surface area contributed by atoms with Gasteiger partial charge in [0.1, 0.15) is 5.82 Å². The van der Waals surface area contributed by atoms with Crippen molar-refractivity contribution in [2.75, 3.05) is 24.6 Å². The molecule has 4 nitrogen and oxygen atoms in total. The zero-order valence-corrected chi connectivity index (χ0v) is 13.8. The molecule has 126 valence electrons. The molecule has 1 aliphatic carbocycles. The van der Waals surface area contributed by atoms with Crippen LogP contribution in [-0.4, -0.2) is 37.7 Å². The first kappa shape index (κ1) is 16.2. The predicted octanol–water partition coefficient (Wildman–Crippen LogP) is 2.64. The van der Waals surface area contributed by atoms with Gasteiger partial charge in [-0.1, -0.05) is 6.07 Å². The predicted molar refractivity (Wildman–Crippen MR) is 88.0 cm³/mol. The lowest BCUT2D eigenvalue weighted by Crippen LogP contribution is -2.48. The summed E-state index contributed by atoms with van der Waals surface area (Å²) in [5.74, 6) is -0.109. The lowest BCUT2D eigenvalue weighted by Gasteiger charge is -2.35. The molecule has 1 amide bonds. The summed E-state index contributed by atoms with van der Waals surface area (Å²) in [6.45, 7) is 6.06.